The third-order valence-corrected chi connectivity index (χ3v) is 7.43. The Kier molecular flexibility index (Phi) is 8.65. The number of halogens is 2. The Morgan fingerprint density at radius 3 is 2.66 bits per heavy atom. The second kappa shape index (κ2) is 11.7. The van der Waals surface area contributed by atoms with Gasteiger partial charge in [-0.05, 0) is 84.9 Å². The zero-order valence-corrected chi connectivity index (χ0v) is 23.6. The fourth-order valence-corrected chi connectivity index (χ4v) is 5.27. The number of fused-ring (bicyclic) bond motifs is 1. The van der Waals surface area contributed by atoms with Crippen LogP contribution in [-0.4, -0.2) is 28.6 Å². The van der Waals surface area contributed by atoms with E-state index in [9.17, 15) is 4.79 Å². The smallest absolute Gasteiger partial charge is 0.282 e. The number of hydrogen-bond donors (Lipinski definition) is 0. The fraction of sp³-hybridized carbons (Fsp3) is 0.444. The molecule has 0 saturated heterocycles. The van der Waals surface area contributed by atoms with Crippen LogP contribution in [-0.2, 0) is 0 Å². The average molecular weight is 605 g/mol. The van der Waals surface area contributed by atoms with E-state index in [-0.39, 0.29) is 17.6 Å². The van der Waals surface area contributed by atoms with E-state index in [1.807, 2.05) is 44.2 Å². The highest BCUT2D eigenvalue weighted by molar-refractivity contribution is 9.10. The van der Waals surface area contributed by atoms with Crippen molar-refractivity contribution in [1.29, 1.82) is 0 Å². The highest BCUT2D eigenvalue weighted by Crippen LogP contribution is 2.38. The first kappa shape index (κ1) is 25.9. The molecule has 0 N–H and O–H groups in total. The lowest BCUT2D eigenvalue weighted by molar-refractivity contribution is 0.202. The topological polar surface area (TPSA) is 65.7 Å². The van der Waals surface area contributed by atoms with Crippen molar-refractivity contribution in [2.75, 3.05) is 6.61 Å². The van der Waals surface area contributed by atoms with Crippen LogP contribution >= 0.6 is 31.9 Å². The van der Waals surface area contributed by atoms with Crippen LogP contribution in [0.5, 0.6) is 11.5 Å². The lowest BCUT2D eigenvalue weighted by Gasteiger charge is -2.22. The summed E-state index contributed by atoms with van der Waals surface area (Å²) >= 11 is 7.11. The molecule has 8 heteroatoms. The zero-order valence-electron chi connectivity index (χ0n) is 20.4. The SMILES string of the molecule is CCOc1cc(C=Nn2c(C3CCCCC3)nc3ccc(Br)cc3c2=O)cc(Br)c1O[C@@H](C)CC. The van der Waals surface area contributed by atoms with E-state index < -0.39 is 0 Å². The van der Waals surface area contributed by atoms with Gasteiger partial charge in [0.05, 0.1) is 34.3 Å². The molecule has 1 fully saturated rings. The van der Waals surface area contributed by atoms with Crippen molar-refractivity contribution >= 4 is 49.0 Å². The monoisotopic (exact) mass is 603 g/mol. The minimum absolute atomic E-state index is 0.0599. The molecule has 1 aliphatic rings. The molecule has 1 aliphatic carbocycles. The summed E-state index contributed by atoms with van der Waals surface area (Å²) in [6.45, 7) is 6.56. The van der Waals surface area contributed by atoms with Crippen molar-refractivity contribution in [2.45, 2.75) is 71.3 Å². The highest BCUT2D eigenvalue weighted by Gasteiger charge is 2.22. The Morgan fingerprint density at radius 2 is 1.94 bits per heavy atom. The fourth-order valence-electron chi connectivity index (χ4n) is 4.35. The molecule has 4 rings (SSSR count). The molecule has 3 aromatic rings. The maximum absolute atomic E-state index is 13.5. The Hall–Kier alpha value is -2.19. The summed E-state index contributed by atoms with van der Waals surface area (Å²) in [4.78, 5) is 18.5. The van der Waals surface area contributed by atoms with Gasteiger partial charge in [-0.25, -0.2) is 4.98 Å². The molecule has 1 heterocycles. The largest absolute Gasteiger partial charge is 0.490 e. The standard InChI is InChI=1S/C27H31Br2N3O3/c1-4-17(3)35-25-22(29)13-18(14-24(25)34-5-2)16-30-32-26(19-9-7-6-8-10-19)31-23-12-11-20(28)15-21(23)27(32)33/h11-17,19H,4-10H2,1-3H3/t17-/m0/s1. The van der Waals surface area contributed by atoms with Crippen LogP contribution in [0, 0.1) is 0 Å². The molecule has 0 unspecified atom stereocenters. The van der Waals surface area contributed by atoms with Gasteiger partial charge in [-0.2, -0.15) is 9.78 Å². The van der Waals surface area contributed by atoms with Gasteiger partial charge in [0, 0.05) is 10.4 Å². The van der Waals surface area contributed by atoms with Crippen molar-refractivity contribution in [2.24, 2.45) is 5.10 Å². The highest BCUT2D eigenvalue weighted by atomic mass is 79.9. The van der Waals surface area contributed by atoms with Gasteiger partial charge in [-0.1, -0.05) is 42.1 Å². The van der Waals surface area contributed by atoms with E-state index in [1.165, 1.54) is 11.1 Å². The molecular formula is C27H31Br2N3O3. The lowest BCUT2D eigenvalue weighted by Crippen LogP contribution is -2.25. The van der Waals surface area contributed by atoms with Crippen LogP contribution in [0.4, 0.5) is 0 Å². The molecule has 6 nitrogen and oxygen atoms in total. The predicted octanol–water partition coefficient (Wildman–Crippen LogP) is 7.43. The van der Waals surface area contributed by atoms with Crippen molar-refractivity contribution in [3.05, 3.63) is 61.0 Å². The van der Waals surface area contributed by atoms with E-state index in [2.05, 4.69) is 43.9 Å². The summed E-state index contributed by atoms with van der Waals surface area (Å²) < 4.78 is 15.1. The Balaban J connectivity index is 1.79. The third kappa shape index (κ3) is 5.97. The molecule has 0 aliphatic heterocycles. The maximum Gasteiger partial charge on any atom is 0.282 e. The molecule has 0 radical (unpaired) electrons. The molecule has 1 atom stereocenters. The number of aromatic nitrogens is 2. The van der Waals surface area contributed by atoms with Gasteiger partial charge < -0.3 is 9.47 Å². The number of ether oxygens (including phenoxy) is 2. The average Bonchev–Trinajstić information content (AvgIpc) is 2.86. The van der Waals surface area contributed by atoms with Gasteiger partial charge in [0.25, 0.3) is 5.56 Å². The summed E-state index contributed by atoms with van der Waals surface area (Å²) in [5.41, 5.74) is 1.35. The molecule has 0 bridgehead atoms. The quantitative estimate of drug-likeness (QED) is 0.251. The summed E-state index contributed by atoms with van der Waals surface area (Å²) in [6.07, 6.45) is 8.19. The van der Waals surface area contributed by atoms with E-state index in [0.29, 0.717) is 29.0 Å². The number of nitrogens with zero attached hydrogens (tertiary/aromatic N) is 3. The molecule has 0 spiro atoms. The van der Waals surface area contributed by atoms with E-state index in [4.69, 9.17) is 14.5 Å². The summed E-state index contributed by atoms with van der Waals surface area (Å²) in [7, 11) is 0. The van der Waals surface area contributed by atoms with Crippen LogP contribution in [0.3, 0.4) is 0 Å². The van der Waals surface area contributed by atoms with E-state index in [0.717, 1.165) is 52.4 Å². The lowest BCUT2D eigenvalue weighted by atomic mass is 9.88. The summed E-state index contributed by atoms with van der Waals surface area (Å²) in [6, 6.07) is 9.45. The first-order valence-electron chi connectivity index (χ1n) is 12.3. The van der Waals surface area contributed by atoms with Crippen molar-refractivity contribution in [1.82, 2.24) is 9.66 Å². The maximum atomic E-state index is 13.5. The molecular weight excluding hydrogens is 574 g/mol. The van der Waals surface area contributed by atoms with Gasteiger partial charge in [-0.3, -0.25) is 4.79 Å². The molecule has 0 amide bonds. The second-order valence-electron chi connectivity index (χ2n) is 8.93. The van der Waals surface area contributed by atoms with Gasteiger partial charge in [-0.15, -0.1) is 0 Å². The Labute approximate surface area is 223 Å². The minimum Gasteiger partial charge on any atom is -0.490 e. The molecule has 35 heavy (non-hydrogen) atoms. The van der Waals surface area contributed by atoms with Crippen LogP contribution in [0.25, 0.3) is 10.9 Å². The van der Waals surface area contributed by atoms with Gasteiger partial charge in [0.1, 0.15) is 5.82 Å². The summed E-state index contributed by atoms with van der Waals surface area (Å²) in [5.74, 6) is 2.28. The van der Waals surface area contributed by atoms with Crippen molar-refractivity contribution < 1.29 is 9.47 Å². The number of hydrogen-bond acceptors (Lipinski definition) is 5. The predicted molar refractivity (Wildman–Crippen MR) is 148 cm³/mol. The van der Waals surface area contributed by atoms with E-state index >= 15 is 0 Å². The minimum atomic E-state index is -0.158. The van der Waals surface area contributed by atoms with Gasteiger partial charge >= 0.3 is 0 Å². The molecule has 1 aromatic heterocycles. The first-order chi connectivity index (χ1) is 16.9. The van der Waals surface area contributed by atoms with Gasteiger partial charge in [0.15, 0.2) is 11.5 Å². The second-order valence-corrected chi connectivity index (χ2v) is 10.7. The van der Waals surface area contributed by atoms with Crippen LogP contribution in [0.1, 0.15) is 76.6 Å². The number of benzene rings is 2. The first-order valence-corrected chi connectivity index (χ1v) is 13.9. The Bertz CT molecular complexity index is 1280. The molecule has 1 saturated carbocycles. The molecule has 2 aromatic carbocycles. The van der Waals surface area contributed by atoms with Crippen LogP contribution < -0.4 is 15.0 Å². The summed E-state index contributed by atoms with van der Waals surface area (Å²) in [5, 5.41) is 5.21. The Morgan fingerprint density at radius 1 is 1.17 bits per heavy atom. The zero-order chi connectivity index (χ0) is 24.9. The number of rotatable bonds is 8. The van der Waals surface area contributed by atoms with Crippen molar-refractivity contribution in [3.63, 3.8) is 0 Å². The van der Waals surface area contributed by atoms with Crippen molar-refractivity contribution in [3.8, 4) is 11.5 Å². The van der Waals surface area contributed by atoms with Crippen LogP contribution in [0.15, 0.2) is 49.2 Å². The third-order valence-electron chi connectivity index (χ3n) is 6.35. The normalized spacial score (nSPS) is 15.6. The molecule has 186 valence electrons. The van der Waals surface area contributed by atoms with E-state index in [1.54, 1.807) is 6.21 Å². The van der Waals surface area contributed by atoms with Crippen LogP contribution in [0.2, 0.25) is 0 Å². The van der Waals surface area contributed by atoms with Gasteiger partial charge in [0.2, 0.25) is 0 Å².